The molecule has 0 aliphatic heterocycles. The maximum atomic E-state index is 11.6. The molecular weight excluding hydrogens is 244 g/mol. The number of methoxy groups -OCH3 is 1. The summed E-state index contributed by atoms with van der Waals surface area (Å²) in [6, 6.07) is 7.16. The van der Waals surface area contributed by atoms with Gasteiger partial charge in [0.05, 0.1) is 25.2 Å². The van der Waals surface area contributed by atoms with Crippen molar-refractivity contribution in [2.45, 2.75) is 20.3 Å². The monoisotopic (exact) mass is 262 g/mol. The second-order valence-electron chi connectivity index (χ2n) is 4.81. The molecule has 0 spiro atoms. The van der Waals surface area contributed by atoms with Crippen LogP contribution in [0.1, 0.15) is 30.6 Å². The summed E-state index contributed by atoms with van der Waals surface area (Å²) in [6.07, 6.45) is 0.554. The molecule has 0 saturated heterocycles. The van der Waals surface area contributed by atoms with E-state index in [4.69, 9.17) is 15.7 Å². The van der Waals surface area contributed by atoms with Crippen molar-refractivity contribution >= 4 is 11.7 Å². The minimum atomic E-state index is -0.535. The molecule has 2 N–H and O–H groups in total. The Balaban J connectivity index is 2.82. The van der Waals surface area contributed by atoms with Gasteiger partial charge in [-0.15, -0.1) is 0 Å². The summed E-state index contributed by atoms with van der Waals surface area (Å²) in [7, 11) is 1.29. The lowest BCUT2D eigenvalue weighted by Gasteiger charge is -2.16. The fraction of sp³-hybridized carbons (Fsp3) is 0.429. The number of hydrogen-bond donors (Lipinski definition) is 1. The highest BCUT2D eigenvalue weighted by Gasteiger charge is 2.19. The molecule has 5 heteroatoms. The smallest absolute Gasteiger partial charge is 0.343 e. The molecule has 0 unspecified atom stereocenters. The van der Waals surface area contributed by atoms with Crippen LogP contribution >= 0.6 is 0 Å². The molecule has 0 bridgehead atoms. The van der Waals surface area contributed by atoms with Gasteiger partial charge in [0.25, 0.3) is 0 Å². The molecule has 0 atom stereocenters. The SMILES string of the molecule is COC(=O)c1c(N)cccc1OCCC(C)(C)C#N. The van der Waals surface area contributed by atoms with Crippen LogP contribution in [0.2, 0.25) is 0 Å². The van der Waals surface area contributed by atoms with Crippen LogP contribution in [0.25, 0.3) is 0 Å². The van der Waals surface area contributed by atoms with E-state index >= 15 is 0 Å². The predicted octanol–water partition coefficient (Wildman–Crippen LogP) is 2.37. The van der Waals surface area contributed by atoms with Crippen molar-refractivity contribution in [2.24, 2.45) is 5.41 Å². The Kier molecular flexibility index (Phi) is 4.76. The van der Waals surface area contributed by atoms with Gasteiger partial charge in [0.15, 0.2) is 0 Å². The van der Waals surface area contributed by atoms with Gasteiger partial charge in [0.2, 0.25) is 0 Å². The first kappa shape index (κ1) is 14.8. The van der Waals surface area contributed by atoms with Crippen molar-refractivity contribution in [3.63, 3.8) is 0 Å². The van der Waals surface area contributed by atoms with Crippen molar-refractivity contribution in [2.75, 3.05) is 19.5 Å². The summed E-state index contributed by atoms with van der Waals surface area (Å²) in [5.41, 5.74) is 5.81. The number of nitrogens with two attached hydrogens (primary N) is 1. The number of ether oxygens (including phenoxy) is 2. The zero-order valence-corrected chi connectivity index (χ0v) is 11.4. The zero-order valence-electron chi connectivity index (χ0n) is 11.4. The van der Waals surface area contributed by atoms with Gasteiger partial charge in [0, 0.05) is 5.69 Å². The molecule has 5 nitrogen and oxygen atoms in total. The van der Waals surface area contributed by atoms with Crippen molar-refractivity contribution in [3.8, 4) is 11.8 Å². The molecule has 1 rings (SSSR count). The number of rotatable bonds is 5. The van der Waals surface area contributed by atoms with E-state index in [-0.39, 0.29) is 5.56 Å². The number of anilines is 1. The van der Waals surface area contributed by atoms with Gasteiger partial charge < -0.3 is 15.2 Å². The minimum Gasteiger partial charge on any atom is -0.493 e. The van der Waals surface area contributed by atoms with E-state index < -0.39 is 11.4 Å². The topological polar surface area (TPSA) is 85.3 Å². The van der Waals surface area contributed by atoms with Gasteiger partial charge in [-0.3, -0.25) is 0 Å². The molecular formula is C14H18N2O3. The molecule has 0 saturated carbocycles. The molecule has 0 aromatic heterocycles. The van der Waals surface area contributed by atoms with Crippen LogP contribution < -0.4 is 10.5 Å². The van der Waals surface area contributed by atoms with E-state index in [9.17, 15) is 4.79 Å². The summed E-state index contributed by atoms with van der Waals surface area (Å²) >= 11 is 0. The van der Waals surface area contributed by atoms with Crippen LogP contribution in [0.4, 0.5) is 5.69 Å². The fourth-order valence-corrected chi connectivity index (χ4v) is 1.46. The van der Waals surface area contributed by atoms with E-state index in [1.54, 1.807) is 18.2 Å². The molecule has 0 aliphatic carbocycles. The Morgan fingerprint density at radius 2 is 2.16 bits per heavy atom. The second kappa shape index (κ2) is 6.10. The van der Waals surface area contributed by atoms with Gasteiger partial charge >= 0.3 is 5.97 Å². The lowest BCUT2D eigenvalue weighted by Crippen LogP contribution is -2.15. The largest absolute Gasteiger partial charge is 0.493 e. The fourth-order valence-electron chi connectivity index (χ4n) is 1.46. The maximum absolute atomic E-state index is 11.6. The van der Waals surface area contributed by atoms with Crippen LogP contribution in [-0.4, -0.2) is 19.7 Å². The zero-order chi connectivity index (χ0) is 14.5. The Bertz CT molecular complexity index is 504. The molecule has 0 fully saturated rings. The standard InChI is InChI=1S/C14H18N2O3/c1-14(2,9-15)7-8-19-11-6-4-5-10(16)12(11)13(17)18-3/h4-6H,7-8,16H2,1-3H3. The van der Waals surface area contributed by atoms with Crippen molar-refractivity contribution in [3.05, 3.63) is 23.8 Å². The number of carbonyl (C=O) groups excluding carboxylic acids is 1. The first-order valence-electron chi connectivity index (χ1n) is 5.92. The third-order valence-corrected chi connectivity index (χ3v) is 2.74. The molecule has 1 aromatic rings. The number of carbonyl (C=O) groups is 1. The molecule has 0 aliphatic rings. The van der Waals surface area contributed by atoms with Crippen LogP contribution in [0.5, 0.6) is 5.75 Å². The Morgan fingerprint density at radius 1 is 1.47 bits per heavy atom. The predicted molar refractivity (Wildman–Crippen MR) is 71.7 cm³/mol. The number of hydrogen-bond acceptors (Lipinski definition) is 5. The van der Waals surface area contributed by atoms with E-state index in [1.807, 2.05) is 13.8 Å². The Morgan fingerprint density at radius 3 is 2.74 bits per heavy atom. The van der Waals surface area contributed by atoms with Gasteiger partial charge in [0.1, 0.15) is 11.3 Å². The molecule has 102 valence electrons. The molecule has 0 amide bonds. The lowest BCUT2D eigenvalue weighted by atomic mass is 9.92. The Hall–Kier alpha value is -2.22. The first-order valence-corrected chi connectivity index (χ1v) is 5.92. The van der Waals surface area contributed by atoms with E-state index in [1.165, 1.54) is 7.11 Å². The van der Waals surface area contributed by atoms with Crippen LogP contribution in [0.3, 0.4) is 0 Å². The summed E-state index contributed by atoms with van der Waals surface area (Å²) in [4.78, 5) is 11.6. The normalized spacial score (nSPS) is 10.6. The number of benzene rings is 1. The van der Waals surface area contributed by atoms with E-state index in [0.717, 1.165) is 0 Å². The highest BCUT2D eigenvalue weighted by molar-refractivity contribution is 5.98. The van der Waals surface area contributed by atoms with Crippen molar-refractivity contribution in [1.29, 1.82) is 5.26 Å². The molecule has 0 radical (unpaired) electrons. The number of nitrogen functional groups attached to an aromatic ring is 1. The van der Waals surface area contributed by atoms with Gasteiger partial charge in [-0.25, -0.2) is 4.79 Å². The van der Waals surface area contributed by atoms with Crippen molar-refractivity contribution < 1.29 is 14.3 Å². The Labute approximate surface area is 112 Å². The van der Waals surface area contributed by atoms with Crippen LogP contribution in [-0.2, 0) is 4.74 Å². The summed E-state index contributed by atoms with van der Waals surface area (Å²) in [6.45, 7) is 3.99. The summed E-state index contributed by atoms with van der Waals surface area (Å²) < 4.78 is 10.2. The maximum Gasteiger partial charge on any atom is 0.343 e. The van der Waals surface area contributed by atoms with Crippen LogP contribution in [0, 0.1) is 16.7 Å². The minimum absolute atomic E-state index is 0.222. The average Bonchev–Trinajstić information content (AvgIpc) is 2.38. The van der Waals surface area contributed by atoms with Gasteiger partial charge in [-0.1, -0.05) is 6.07 Å². The third-order valence-electron chi connectivity index (χ3n) is 2.74. The average molecular weight is 262 g/mol. The van der Waals surface area contributed by atoms with Crippen molar-refractivity contribution in [1.82, 2.24) is 0 Å². The molecule has 1 aromatic carbocycles. The molecule has 0 heterocycles. The number of nitrogens with zero attached hydrogens (tertiary/aromatic N) is 1. The number of nitriles is 1. The van der Waals surface area contributed by atoms with Crippen LogP contribution in [0.15, 0.2) is 18.2 Å². The lowest BCUT2D eigenvalue weighted by molar-refractivity contribution is 0.0597. The molecule has 19 heavy (non-hydrogen) atoms. The van der Waals surface area contributed by atoms with E-state index in [2.05, 4.69) is 10.8 Å². The third kappa shape index (κ3) is 3.88. The summed E-state index contributed by atoms with van der Waals surface area (Å²) in [5.74, 6) is -0.159. The first-order chi connectivity index (χ1) is 8.91. The highest BCUT2D eigenvalue weighted by atomic mass is 16.5. The van der Waals surface area contributed by atoms with E-state index in [0.29, 0.717) is 24.5 Å². The summed E-state index contributed by atoms with van der Waals surface area (Å²) in [5, 5.41) is 8.92. The van der Waals surface area contributed by atoms with Gasteiger partial charge in [-0.2, -0.15) is 5.26 Å². The number of esters is 1. The highest BCUT2D eigenvalue weighted by Crippen LogP contribution is 2.26. The van der Waals surface area contributed by atoms with Gasteiger partial charge in [-0.05, 0) is 32.4 Å². The quantitative estimate of drug-likeness (QED) is 0.650. The second-order valence-corrected chi connectivity index (χ2v) is 4.81.